The van der Waals surface area contributed by atoms with Crippen molar-refractivity contribution < 1.29 is 9.53 Å². The molecule has 0 saturated heterocycles. The van der Waals surface area contributed by atoms with Gasteiger partial charge in [-0.15, -0.1) is 0 Å². The maximum atomic E-state index is 11.9. The summed E-state index contributed by atoms with van der Waals surface area (Å²) in [6, 6.07) is 10.5. The van der Waals surface area contributed by atoms with E-state index in [1.54, 1.807) is 0 Å². The van der Waals surface area contributed by atoms with E-state index in [4.69, 9.17) is 10.5 Å². The lowest BCUT2D eigenvalue weighted by atomic mass is 10.1. The zero-order chi connectivity index (χ0) is 18.7. The van der Waals surface area contributed by atoms with E-state index in [0.717, 1.165) is 45.4 Å². The molecule has 1 aromatic rings. The number of amides is 1. The van der Waals surface area contributed by atoms with Crippen molar-refractivity contribution in [3.63, 3.8) is 0 Å². The number of hydrogen-bond donors (Lipinski definition) is 2. The van der Waals surface area contributed by atoms with E-state index < -0.39 is 5.60 Å². The topological polar surface area (TPSA) is 67.6 Å². The van der Waals surface area contributed by atoms with Gasteiger partial charge >= 0.3 is 6.09 Å². The van der Waals surface area contributed by atoms with Crippen LogP contribution in [0, 0.1) is 0 Å². The third-order valence-electron chi connectivity index (χ3n) is 3.82. The van der Waals surface area contributed by atoms with Crippen LogP contribution < -0.4 is 11.1 Å². The molecule has 0 saturated carbocycles. The molecule has 1 atom stereocenters. The van der Waals surface area contributed by atoms with Crippen LogP contribution >= 0.6 is 0 Å². The molecule has 5 heteroatoms. The second-order valence-corrected chi connectivity index (χ2v) is 7.59. The van der Waals surface area contributed by atoms with E-state index in [9.17, 15) is 4.79 Å². The monoisotopic (exact) mass is 349 g/mol. The Morgan fingerprint density at radius 2 is 1.88 bits per heavy atom. The lowest BCUT2D eigenvalue weighted by Crippen LogP contribution is -2.39. The van der Waals surface area contributed by atoms with Gasteiger partial charge in [0.25, 0.3) is 0 Å². The van der Waals surface area contributed by atoms with Crippen LogP contribution in [0.1, 0.15) is 52.5 Å². The lowest BCUT2D eigenvalue weighted by molar-refractivity contribution is 0.0503. The summed E-state index contributed by atoms with van der Waals surface area (Å²) in [6.07, 6.45) is 2.67. The molecule has 5 nitrogen and oxygen atoms in total. The Labute approximate surface area is 152 Å². The van der Waals surface area contributed by atoms with E-state index in [1.807, 2.05) is 33.8 Å². The molecule has 0 heterocycles. The summed E-state index contributed by atoms with van der Waals surface area (Å²) in [5, 5.41) is 2.92. The second kappa shape index (κ2) is 11.1. The molecule has 1 rings (SSSR count). The minimum atomic E-state index is -0.467. The number of nitrogens with one attached hydrogen (secondary N) is 1. The number of hydrogen-bond acceptors (Lipinski definition) is 4. The minimum Gasteiger partial charge on any atom is -0.444 e. The molecule has 0 bridgehead atoms. The molecule has 3 N–H and O–H groups in total. The van der Waals surface area contributed by atoms with E-state index in [1.165, 1.54) is 5.56 Å². The fraction of sp³-hybridized carbons (Fsp3) is 0.650. The standard InChI is InChI=1S/C20H35N3O2/c1-17(22-19(24)25-20(2,3)4)12-15-23(14-9-8-13-21)16-18-10-6-5-7-11-18/h5-7,10-11,17H,8-9,12-16,21H2,1-4H3,(H,22,24). The number of carbonyl (C=O) groups excluding carboxylic acids is 1. The molecule has 0 aliphatic carbocycles. The Hall–Kier alpha value is -1.59. The second-order valence-electron chi connectivity index (χ2n) is 7.59. The Bertz CT molecular complexity index is 485. The lowest BCUT2D eigenvalue weighted by Gasteiger charge is -2.25. The predicted octanol–water partition coefficient (Wildman–Crippen LogP) is 3.53. The first-order valence-corrected chi connectivity index (χ1v) is 9.26. The van der Waals surface area contributed by atoms with Crippen molar-refractivity contribution in [3.8, 4) is 0 Å². The molecule has 25 heavy (non-hydrogen) atoms. The first kappa shape index (κ1) is 21.5. The third kappa shape index (κ3) is 10.8. The van der Waals surface area contributed by atoms with Gasteiger partial charge in [-0.3, -0.25) is 4.90 Å². The maximum Gasteiger partial charge on any atom is 0.407 e. The molecule has 0 fully saturated rings. The highest BCUT2D eigenvalue weighted by atomic mass is 16.6. The predicted molar refractivity (Wildman–Crippen MR) is 103 cm³/mol. The zero-order valence-corrected chi connectivity index (χ0v) is 16.3. The summed E-state index contributed by atoms with van der Waals surface area (Å²) in [5.41, 5.74) is 6.46. The molecule has 0 radical (unpaired) electrons. The highest BCUT2D eigenvalue weighted by Gasteiger charge is 2.18. The highest BCUT2D eigenvalue weighted by molar-refractivity contribution is 5.67. The van der Waals surface area contributed by atoms with E-state index >= 15 is 0 Å². The van der Waals surface area contributed by atoms with Crippen molar-refractivity contribution in [2.24, 2.45) is 5.73 Å². The van der Waals surface area contributed by atoms with Crippen LogP contribution in [0.4, 0.5) is 4.79 Å². The smallest absolute Gasteiger partial charge is 0.407 e. The normalized spacial score (nSPS) is 12.9. The summed E-state index contributed by atoms with van der Waals surface area (Å²) in [5.74, 6) is 0. The summed E-state index contributed by atoms with van der Waals surface area (Å²) < 4.78 is 5.31. The summed E-state index contributed by atoms with van der Waals surface area (Å²) in [4.78, 5) is 14.3. The summed E-state index contributed by atoms with van der Waals surface area (Å²) in [6.45, 7) is 11.2. The molecule has 0 aliphatic heterocycles. The fourth-order valence-electron chi connectivity index (χ4n) is 2.55. The van der Waals surface area contributed by atoms with Crippen LogP contribution in [-0.4, -0.2) is 42.3 Å². The molecule has 0 aliphatic rings. The Morgan fingerprint density at radius 1 is 1.20 bits per heavy atom. The number of benzene rings is 1. The van der Waals surface area contributed by atoms with E-state index in [2.05, 4.69) is 34.5 Å². The van der Waals surface area contributed by atoms with Crippen LogP contribution in [0.15, 0.2) is 30.3 Å². The van der Waals surface area contributed by atoms with Crippen LogP contribution in [0.3, 0.4) is 0 Å². The van der Waals surface area contributed by atoms with Gasteiger partial charge in [-0.05, 0) is 65.6 Å². The van der Waals surface area contributed by atoms with Crippen LogP contribution in [0.2, 0.25) is 0 Å². The largest absolute Gasteiger partial charge is 0.444 e. The van der Waals surface area contributed by atoms with Gasteiger partial charge in [0.05, 0.1) is 0 Å². The molecule has 0 aromatic heterocycles. The Kier molecular flexibility index (Phi) is 9.53. The van der Waals surface area contributed by atoms with Crippen LogP contribution in [0.5, 0.6) is 0 Å². The van der Waals surface area contributed by atoms with Gasteiger partial charge in [0.2, 0.25) is 0 Å². The van der Waals surface area contributed by atoms with Crippen LogP contribution in [-0.2, 0) is 11.3 Å². The van der Waals surface area contributed by atoms with Gasteiger partial charge in [-0.1, -0.05) is 30.3 Å². The molecule has 1 unspecified atom stereocenters. The highest BCUT2D eigenvalue weighted by Crippen LogP contribution is 2.09. The SMILES string of the molecule is CC(CCN(CCCCN)Cc1ccccc1)NC(=O)OC(C)(C)C. The van der Waals surface area contributed by atoms with Gasteiger partial charge in [-0.25, -0.2) is 4.79 Å². The Balaban J connectivity index is 2.46. The molecule has 1 amide bonds. The zero-order valence-electron chi connectivity index (χ0n) is 16.3. The third-order valence-corrected chi connectivity index (χ3v) is 3.82. The van der Waals surface area contributed by atoms with Gasteiger partial charge in [0.15, 0.2) is 0 Å². The summed E-state index contributed by atoms with van der Waals surface area (Å²) >= 11 is 0. The number of carbonyl (C=O) groups is 1. The average Bonchev–Trinajstić information content (AvgIpc) is 2.51. The minimum absolute atomic E-state index is 0.0719. The van der Waals surface area contributed by atoms with Crippen molar-refractivity contribution >= 4 is 6.09 Å². The first-order chi connectivity index (χ1) is 11.8. The number of rotatable bonds is 10. The van der Waals surface area contributed by atoms with E-state index in [-0.39, 0.29) is 12.1 Å². The molecular formula is C20H35N3O2. The molecule has 0 spiro atoms. The van der Waals surface area contributed by atoms with Crippen molar-refractivity contribution in [2.45, 2.75) is 65.1 Å². The quantitative estimate of drug-likeness (QED) is 0.634. The van der Waals surface area contributed by atoms with Crippen LogP contribution in [0.25, 0.3) is 0 Å². The van der Waals surface area contributed by atoms with Gasteiger partial charge < -0.3 is 15.8 Å². The average molecular weight is 350 g/mol. The van der Waals surface area contributed by atoms with Crippen molar-refractivity contribution in [1.29, 1.82) is 0 Å². The molecule has 1 aromatic carbocycles. The van der Waals surface area contributed by atoms with Crippen molar-refractivity contribution in [1.82, 2.24) is 10.2 Å². The number of nitrogens with zero attached hydrogens (tertiary/aromatic N) is 1. The van der Waals surface area contributed by atoms with E-state index in [0.29, 0.717) is 0 Å². The van der Waals surface area contributed by atoms with Crippen molar-refractivity contribution in [3.05, 3.63) is 35.9 Å². The van der Waals surface area contributed by atoms with Gasteiger partial charge in [0.1, 0.15) is 5.60 Å². The number of ether oxygens (including phenoxy) is 1. The Morgan fingerprint density at radius 3 is 2.48 bits per heavy atom. The van der Waals surface area contributed by atoms with Gasteiger partial charge in [0, 0.05) is 19.1 Å². The fourth-order valence-corrected chi connectivity index (χ4v) is 2.55. The number of alkyl carbamates (subject to hydrolysis) is 1. The molecule has 142 valence electrons. The first-order valence-electron chi connectivity index (χ1n) is 9.26. The van der Waals surface area contributed by atoms with Gasteiger partial charge in [-0.2, -0.15) is 0 Å². The van der Waals surface area contributed by atoms with Crippen molar-refractivity contribution in [2.75, 3.05) is 19.6 Å². The maximum absolute atomic E-state index is 11.9. The summed E-state index contributed by atoms with van der Waals surface area (Å²) in [7, 11) is 0. The number of unbranched alkanes of at least 4 members (excludes halogenated alkanes) is 1. The number of nitrogens with two attached hydrogens (primary N) is 1. The molecular weight excluding hydrogens is 314 g/mol.